The van der Waals surface area contributed by atoms with Gasteiger partial charge < -0.3 is 0 Å². The normalized spacial score (nSPS) is 12.1. The Morgan fingerprint density at radius 1 is 1.53 bits per heavy atom. The second-order valence-electron chi connectivity index (χ2n) is 2.48. The van der Waals surface area contributed by atoms with Gasteiger partial charge in [-0.1, -0.05) is 11.6 Å². The molecule has 0 atom stereocenters. The molecule has 1 aromatic heterocycles. The van der Waals surface area contributed by atoms with Crippen LogP contribution >= 0.6 is 27.5 Å². The van der Waals surface area contributed by atoms with E-state index >= 15 is 0 Å². The van der Waals surface area contributed by atoms with Gasteiger partial charge in [-0.2, -0.15) is 0 Å². The molecule has 4 nitrogen and oxygen atoms in total. The molecule has 0 fully saturated rings. The molecule has 0 aliphatic heterocycles. The lowest BCUT2D eigenvalue weighted by Crippen LogP contribution is -2.14. The van der Waals surface area contributed by atoms with E-state index in [4.69, 9.17) is 16.7 Å². The maximum absolute atomic E-state index is 12.3. The van der Waals surface area contributed by atoms with Crippen LogP contribution in [-0.2, 0) is 10.0 Å². The third-order valence-electron chi connectivity index (χ3n) is 1.47. The molecule has 15 heavy (non-hydrogen) atoms. The number of rotatable bonds is 2. The predicted octanol–water partition coefficient (Wildman–Crippen LogP) is 2.08. The molecular formula is C6H4BrClF2N2O2S. The average Bonchev–Trinajstić information content (AvgIpc) is 2.06. The van der Waals surface area contributed by atoms with Gasteiger partial charge in [0.1, 0.15) is 10.6 Å². The Hall–Kier alpha value is -0.310. The molecule has 1 rings (SSSR count). The fourth-order valence-electron chi connectivity index (χ4n) is 0.813. The molecule has 1 heterocycles. The van der Waals surface area contributed by atoms with Gasteiger partial charge in [-0.3, -0.25) is 4.98 Å². The molecule has 0 aromatic carbocycles. The number of pyridine rings is 1. The smallest absolute Gasteiger partial charge is 0.253 e. The molecule has 0 bridgehead atoms. The molecule has 0 saturated carbocycles. The van der Waals surface area contributed by atoms with Gasteiger partial charge in [0.2, 0.25) is 10.0 Å². The third-order valence-corrected chi connectivity index (χ3v) is 3.93. The van der Waals surface area contributed by atoms with Crippen molar-refractivity contribution in [1.29, 1.82) is 0 Å². The number of nitrogens with two attached hydrogens (primary N) is 1. The second kappa shape index (κ2) is 4.28. The Balaban J connectivity index is 3.48. The van der Waals surface area contributed by atoms with Gasteiger partial charge in [0, 0.05) is 6.20 Å². The van der Waals surface area contributed by atoms with E-state index in [2.05, 4.69) is 20.9 Å². The van der Waals surface area contributed by atoms with Crippen LogP contribution in [0.4, 0.5) is 8.78 Å². The first-order valence-electron chi connectivity index (χ1n) is 3.40. The summed E-state index contributed by atoms with van der Waals surface area (Å²) in [5.41, 5.74) is -0.632. The highest BCUT2D eigenvalue weighted by Crippen LogP contribution is 2.34. The van der Waals surface area contributed by atoms with E-state index in [1.807, 2.05) is 0 Å². The van der Waals surface area contributed by atoms with Crippen molar-refractivity contribution in [3.8, 4) is 0 Å². The molecular weight excluding hydrogens is 317 g/mol. The van der Waals surface area contributed by atoms with Gasteiger partial charge in [0.25, 0.3) is 6.43 Å². The van der Waals surface area contributed by atoms with E-state index < -0.39 is 32.1 Å². The Kier molecular flexibility index (Phi) is 3.64. The molecule has 0 aliphatic rings. The van der Waals surface area contributed by atoms with Crippen LogP contribution in [0.3, 0.4) is 0 Å². The van der Waals surface area contributed by atoms with Crippen molar-refractivity contribution in [2.75, 3.05) is 0 Å². The zero-order valence-electron chi connectivity index (χ0n) is 6.92. The number of halogens is 4. The van der Waals surface area contributed by atoms with Crippen molar-refractivity contribution >= 4 is 37.6 Å². The van der Waals surface area contributed by atoms with Crippen LogP contribution in [0.5, 0.6) is 0 Å². The largest absolute Gasteiger partial charge is 0.281 e. The maximum atomic E-state index is 12.3. The first kappa shape index (κ1) is 12.8. The minimum Gasteiger partial charge on any atom is -0.253 e. The highest BCUT2D eigenvalue weighted by atomic mass is 79.9. The van der Waals surface area contributed by atoms with Crippen molar-refractivity contribution < 1.29 is 17.2 Å². The summed E-state index contributed by atoms with van der Waals surface area (Å²) in [5, 5.41) is 4.39. The van der Waals surface area contributed by atoms with Crippen LogP contribution in [0.1, 0.15) is 12.1 Å². The highest BCUT2D eigenvalue weighted by molar-refractivity contribution is 9.10. The van der Waals surface area contributed by atoms with Crippen LogP contribution < -0.4 is 5.14 Å². The number of primary sulfonamides is 1. The van der Waals surface area contributed by atoms with E-state index in [0.29, 0.717) is 6.20 Å². The van der Waals surface area contributed by atoms with E-state index in [0.717, 1.165) is 0 Å². The maximum Gasteiger partial charge on any atom is 0.281 e. The molecule has 0 unspecified atom stereocenters. The molecule has 2 N–H and O–H groups in total. The van der Waals surface area contributed by atoms with Gasteiger partial charge in [-0.05, 0) is 15.9 Å². The summed E-state index contributed by atoms with van der Waals surface area (Å²) in [5.74, 6) is 0. The first-order chi connectivity index (χ1) is 6.75. The molecule has 9 heteroatoms. The number of hydrogen-bond donors (Lipinski definition) is 1. The number of sulfonamides is 1. The summed E-state index contributed by atoms with van der Waals surface area (Å²) in [4.78, 5) is 2.76. The van der Waals surface area contributed by atoms with Gasteiger partial charge in [-0.25, -0.2) is 22.3 Å². The Morgan fingerprint density at radius 2 is 2.07 bits per heavy atom. The zero-order valence-corrected chi connectivity index (χ0v) is 10.1. The molecule has 0 radical (unpaired) electrons. The third kappa shape index (κ3) is 2.63. The summed E-state index contributed by atoms with van der Waals surface area (Å²) in [6.45, 7) is 0. The van der Waals surface area contributed by atoms with Crippen LogP contribution in [0.25, 0.3) is 0 Å². The van der Waals surface area contributed by atoms with Crippen molar-refractivity contribution in [3.63, 3.8) is 0 Å². The fraction of sp³-hybridized carbons (Fsp3) is 0.167. The Labute approximate surface area is 97.6 Å². The fourth-order valence-corrected chi connectivity index (χ4v) is 2.45. The van der Waals surface area contributed by atoms with E-state index in [1.54, 1.807) is 0 Å². The molecule has 0 aliphatic carbocycles. The predicted molar refractivity (Wildman–Crippen MR) is 53.3 cm³/mol. The van der Waals surface area contributed by atoms with Gasteiger partial charge in [0.05, 0.1) is 9.50 Å². The lowest BCUT2D eigenvalue weighted by molar-refractivity contribution is 0.145. The van der Waals surface area contributed by atoms with Gasteiger partial charge >= 0.3 is 0 Å². The summed E-state index contributed by atoms with van der Waals surface area (Å²) >= 11 is 8.28. The average molecular weight is 322 g/mol. The lowest BCUT2D eigenvalue weighted by atomic mass is 10.3. The number of hydrogen-bond acceptors (Lipinski definition) is 3. The van der Waals surface area contributed by atoms with Crippen LogP contribution in [-0.4, -0.2) is 13.4 Å². The summed E-state index contributed by atoms with van der Waals surface area (Å²) < 4.78 is 46.2. The van der Waals surface area contributed by atoms with E-state index in [1.165, 1.54) is 0 Å². The topological polar surface area (TPSA) is 73.1 Å². The van der Waals surface area contributed by atoms with Crippen molar-refractivity contribution in [2.45, 2.75) is 11.3 Å². The Bertz CT molecular complexity index is 494. The molecule has 0 spiro atoms. The second-order valence-corrected chi connectivity index (χ2v) is 5.18. The van der Waals surface area contributed by atoms with Crippen LogP contribution in [0.2, 0.25) is 5.02 Å². The number of aromatic nitrogens is 1. The van der Waals surface area contributed by atoms with Crippen LogP contribution in [0, 0.1) is 0 Å². The van der Waals surface area contributed by atoms with Crippen LogP contribution in [0.15, 0.2) is 15.6 Å². The SMILES string of the molecule is NS(=O)(=O)c1cnc(C(F)F)c(Br)c1Cl. The quantitative estimate of drug-likeness (QED) is 0.906. The minimum absolute atomic E-state index is 0.273. The lowest BCUT2D eigenvalue weighted by Gasteiger charge is -2.07. The summed E-state index contributed by atoms with van der Waals surface area (Å²) in [6.07, 6.45) is -2.16. The van der Waals surface area contributed by atoms with Gasteiger partial charge in [0.15, 0.2) is 0 Å². The zero-order chi connectivity index (χ0) is 11.8. The summed E-state index contributed by atoms with van der Waals surface area (Å²) in [7, 11) is -4.07. The monoisotopic (exact) mass is 320 g/mol. The van der Waals surface area contributed by atoms with Crippen molar-refractivity contribution in [3.05, 3.63) is 21.4 Å². The Morgan fingerprint density at radius 3 is 2.47 bits per heavy atom. The first-order valence-corrected chi connectivity index (χ1v) is 6.11. The molecule has 0 amide bonds. The standard InChI is InChI=1S/C6H4BrClF2N2O2S/c7-3-4(8)2(15(11,13)14)1-12-5(3)6(9)10/h1,6H,(H2,11,13,14). The summed E-state index contributed by atoms with van der Waals surface area (Å²) in [6, 6.07) is 0. The molecule has 0 saturated heterocycles. The minimum atomic E-state index is -4.07. The number of alkyl halides is 2. The van der Waals surface area contributed by atoms with E-state index in [-0.39, 0.29) is 4.47 Å². The highest BCUT2D eigenvalue weighted by Gasteiger charge is 2.22. The van der Waals surface area contributed by atoms with E-state index in [9.17, 15) is 17.2 Å². The van der Waals surface area contributed by atoms with Crippen molar-refractivity contribution in [1.82, 2.24) is 4.98 Å². The van der Waals surface area contributed by atoms with Gasteiger partial charge in [-0.15, -0.1) is 0 Å². The molecule has 1 aromatic rings. The number of nitrogens with zero attached hydrogens (tertiary/aromatic N) is 1. The molecule has 84 valence electrons. The van der Waals surface area contributed by atoms with Crippen molar-refractivity contribution in [2.24, 2.45) is 5.14 Å².